The van der Waals surface area contributed by atoms with E-state index in [1.54, 1.807) is 13.2 Å². The quantitative estimate of drug-likeness (QED) is 0.663. The van der Waals surface area contributed by atoms with Gasteiger partial charge in [0.25, 0.3) is 0 Å². The predicted octanol–water partition coefficient (Wildman–Crippen LogP) is 4.53. The van der Waals surface area contributed by atoms with Crippen molar-refractivity contribution >= 4 is 8.32 Å². The molecule has 0 radical (unpaired) electrons. The number of aryl methyl sites for hydroxylation is 1. The second kappa shape index (κ2) is 7.00. The van der Waals surface area contributed by atoms with Gasteiger partial charge in [0, 0.05) is 13.2 Å². The zero-order chi connectivity index (χ0) is 13.6. The van der Waals surface area contributed by atoms with E-state index in [4.69, 9.17) is 4.43 Å². The first-order valence-electron chi connectivity index (χ1n) is 6.56. The first-order chi connectivity index (χ1) is 8.56. The SMILES string of the molecule is CC[Si](CC)(CCCc1ccc(F)cc1F)OC. The maximum absolute atomic E-state index is 13.5. The summed E-state index contributed by atoms with van der Waals surface area (Å²) in [6, 6.07) is 7.03. The fourth-order valence-electron chi connectivity index (χ4n) is 2.32. The van der Waals surface area contributed by atoms with Crippen molar-refractivity contribution in [3.63, 3.8) is 0 Å². The molecule has 0 fully saturated rings. The Morgan fingerprint density at radius 3 is 2.33 bits per heavy atom. The standard InChI is InChI=1S/C14H22F2OSi/c1-4-18(5-2,17-3)10-6-7-12-8-9-13(15)11-14(12)16/h8-9,11H,4-7,10H2,1-3H3. The number of benzene rings is 1. The summed E-state index contributed by atoms with van der Waals surface area (Å²) in [5, 5.41) is 0. The van der Waals surface area contributed by atoms with E-state index in [1.165, 1.54) is 6.07 Å². The third kappa shape index (κ3) is 3.88. The molecular weight excluding hydrogens is 250 g/mol. The average Bonchev–Trinajstić information content (AvgIpc) is 2.38. The van der Waals surface area contributed by atoms with Crippen molar-refractivity contribution in [1.82, 2.24) is 0 Å². The molecule has 0 atom stereocenters. The Balaban J connectivity index is 2.55. The molecule has 0 spiro atoms. The molecule has 0 aliphatic carbocycles. The summed E-state index contributed by atoms with van der Waals surface area (Å²) >= 11 is 0. The second-order valence-corrected chi connectivity index (χ2v) is 9.37. The van der Waals surface area contributed by atoms with Crippen LogP contribution in [0.1, 0.15) is 25.8 Å². The lowest BCUT2D eigenvalue weighted by Crippen LogP contribution is -2.35. The number of rotatable bonds is 7. The molecule has 1 rings (SSSR count). The molecule has 0 heterocycles. The molecule has 0 saturated heterocycles. The van der Waals surface area contributed by atoms with E-state index in [9.17, 15) is 8.78 Å². The molecule has 0 amide bonds. The van der Waals surface area contributed by atoms with E-state index in [1.807, 2.05) is 0 Å². The molecule has 1 aromatic carbocycles. The molecule has 0 aliphatic heterocycles. The number of halogens is 2. The van der Waals surface area contributed by atoms with E-state index in [2.05, 4.69) is 13.8 Å². The number of hydrogen-bond acceptors (Lipinski definition) is 1. The van der Waals surface area contributed by atoms with Crippen molar-refractivity contribution in [2.45, 2.75) is 44.8 Å². The van der Waals surface area contributed by atoms with Crippen LogP contribution < -0.4 is 0 Å². The molecule has 4 heteroatoms. The monoisotopic (exact) mass is 272 g/mol. The van der Waals surface area contributed by atoms with Gasteiger partial charge in [0.2, 0.25) is 0 Å². The lowest BCUT2D eigenvalue weighted by molar-refractivity contribution is 0.390. The highest BCUT2D eigenvalue weighted by Crippen LogP contribution is 2.24. The van der Waals surface area contributed by atoms with Crippen LogP contribution in [0.3, 0.4) is 0 Å². The highest BCUT2D eigenvalue weighted by molar-refractivity contribution is 6.73. The predicted molar refractivity (Wildman–Crippen MR) is 73.2 cm³/mol. The fourth-order valence-corrected chi connectivity index (χ4v) is 5.13. The molecule has 0 bridgehead atoms. The molecule has 0 N–H and O–H groups in total. The smallest absolute Gasteiger partial charge is 0.191 e. The van der Waals surface area contributed by atoms with Gasteiger partial charge in [-0.3, -0.25) is 0 Å². The summed E-state index contributed by atoms with van der Waals surface area (Å²) in [6.45, 7) is 4.33. The van der Waals surface area contributed by atoms with Gasteiger partial charge in [-0.25, -0.2) is 8.78 Å². The maximum atomic E-state index is 13.5. The molecular formula is C14H22F2OSi. The van der Waals surface area contributed by atoms with Crippen molar-refractivity contribution in [2.75, 3.05) is 7.11 Å². The summed E-state index contributed by atoms with van der Waals surface area (Å²) in [7, 11) is 0.193. The van der Waals surface area contributed by atoms with Crippen LogP contribution >= 0.6 is 0 Å². The van der Waals surface area contributed by atoms with Gasteiger partial charge in [0.05, 0.1) is 0 Å². The molecule has 102 valence electrons. The van der Waals surface area contributed by atoms with E-state index in [0.717, 1.165) is 30.6 Å². The van der Waals surface area contributed by atoms with Crippen LogP contribution in [-0.4, -0.2) is 15.4 Å². The Hall–Kier alpha value is -0.743. The minimum absolute atomic E-state index is 0.437. The lowest BCUT2D eigenvalue weighted by Gasteiger charge is -2.27. The Morgan fingerprint density at radius 2 is 1.83 bits per heavy atom. The molecule has 0 aliphatic rings. The Kier molecular flexibility index (Phi) is 5.95. The van der Waals surface area contributed by atoms with Crippen LogP contribution in [0.2, 0.25) is 18.1 Å². The minimum Gasteiger partial charge on any atom is -0.420 e. The van der Waals surface area contributed by atoms with Gasteiger partial charge < -0.3 is 4.43 Å². The topological polar surface area (TPSA) is 9.23 Å². The Bertz CT molecular complexity index is 370. The second-order valence-electron chi connectivity index (χ2n) is 4.68. The minimum atomic E-state index is -1.60. The summed E-state index contributed by atoms with van der Waals surface area (Å²) in [6.07, 6.45) is 1.56. The fraction of sp³-hybridized carbons (Fsp3) is 0.571. The van der Waals surface area contributed by atoms with Crippen molar-refractivity contribution in [1.29, 1.82) is 0 Å². The van der Waals surface area contributed by atoms with Gasteiger partial charge in [-0.1, -0.05) is 19.9 Å². The zero-order valence-electron chi connectivity index (χ0n) is 11.4. The molecule has 0 unspecified atom stereocenters. The van der Waals surface area contributed by atoms with Crippen molar-refractivity contribution in [2.24, 2.45) is 0 Å². The molecule has 18 heavy (non-hydrogen) atoms. The summed E-state index contributed by atoms with van der Waals surface area (Å²) in [4.78, 5) is 0. The van der Waals surface area contributed by atoms with Crippen LogP contribution in [0.4, 0.5) is 8.78 Å². The largest absolute Gasteiger partial charge is 0.420 e. The zero-order valence-corrected chi connectivity index (χ0v) is 12.4. The van der Waals surface area contributed by atoms with Gasteiger partial charge in [0.1, 0.15) is 11.6 Å². The van der Waals surface area contributed by atoms with Gasteiger partial charge in [0.15, 0.2) is 8.32 Å². The highest BCUT2D eigenvalue weighted by Gasteiger charge is 2.28. The third-order valence-corrected chi connectivity index (χ3v) is 8.52. The van der Waals surface area contributed by atoms with Gasteiger partial charge in [-0.2, -0.15) is 0 Å². The van der Waals surface area contributed by atoms with Crippen molar-refractivity contribution in [3.05, 3.63) is 35.4 Å². The van der Waals surface area contributed by atoms with Gasteiger partial charge in [-0.15, -0.1) is 0 Å². The van der Waals surface area contributed by atoms with E-state index >= 15 is 0 Å². The van der Waals surface area contributed by atoms with Crippen molar-refractivity contribution in [3.8, 4) is 0 Å². The normalized spacial score (nSPS) is 11.8. The molecule has 1 nitrogen and oxygen atoms in total. The maximum Gasteiger partial charge on any atom is 0.191 e. The first-order valence-corrected chi connectivity index (χ1v) is 9.09. The first kappa shape index (κ1) is 15.3. The van der Waals surface area contributed by atoms with E-state index in [-0.39, 0.29) is 0 Å². The van der Waals surface area contributed by atoms with Crippen LogP contribution in [0.15, 0.2) is 18.2 Å². The molecule has 0 saturated carbocycles. The summed E-state index contributed by atoms with van der Waals surface area (Å²) in [5.74, 6) is -0.952. The average molecular weight is 272 g/mol. The lowest BCUT2D eigenvalue weighted by atomic mass is 10.1. The van der Waals surface area contributed by atoms with Crippen molar-refractivity contribution < 1.29 is 13.2 Å². The summed E-state index contributed by atoms with van der Waals surface area (Å²) < 4.78 is 31.9. The molecule has 0 aromatic heterocycles. The molecule has 1 aromatic rings. The Labute approximate surface area is 109 Å². The Morgan fingerprint density at radius 1 is 1.17 bits per heavy atom. The van der Waals surface area contributed by atoms with Gasteiger partial charge in [-0.05, 0) is 42.6 Å². The van der Waals surface area contributed by atoms with E-state index < -0.39 is 20.0 Å². The van der Waals surface area contributed by atoms with Gasteiger partial charge >= 0.3 is 0 Å². The van der Waals surface area contributed by atoms with Crippen LogP contribution in [0, 0.1) is 11.6 Å². The van der Waals surface area contributed by atoms with E-state index in [0.29, 0.717) is 12.0 Å². The number of hydrogen-bond donors (Lipinski definition) is 0. The summed E-state index contributed by atoms with van der Waals surface area (Å²) in [5.41, 5.74) is 0.600. The van der Waals surface area contributed by atoms with Crippen LogP contribution in [0.5, 0.6) is 0 Å². The van der Waals surface area contributed by atoms with Crippen LogP contribution in [0.25, 0.3) is 0 Å². The highest BCUT2D eigenvalue weighted by atomic mass is 28.4. The third-order valence-electron chi connectivity index (χ3n) is 3.82. The van der Waals surface area contributed by atoms with Crippen LogP contribution in [-0.2, 0) is 10.8 Å².